The average Bonchev–Trinajstić information content (AvgIpc) is 3.03. The van der Waals surface area contributed by atoms with Crippen LogP contribution in [-0.2, 0) is 0 Å². The van der Waals surface area contributed by atoms with E-state index in [0.29, 0.717) is 34.2 Å². The molecule has 25 heavy (non-hydrogen) atoms. The molecule has 0 aliphatic carbocycles. The third kappa shape index (κ3) is 2.78. The van der Waals surface area contributed by atoms with E-state index in [9.17, 15) is 4.79 Å². The van der Waals surface area contributed by atoms with Crippen molar-refractivity contribution in [1.29, 1.82) is 0 Å². The molecule has 4 rings (SSSR count). The Kier molecular flexibility index (Phi) is 3.58. The molecule has 0 spiro atoms. The lowest BCUT2D eigenvalue weighted by Gasteiger charge is -2.07. The van der Waals surface area contributed by atoms with Crippen LogP contribution in [0.25, 0.3) is 16.7 Å². The first-order valence-corrected chi connectivity index (χ1v) is 7.41. The van der Waals surface area contributed by atoms with Gasteiger partial charge in [0.25, 0.3) is 5.56 Å². The molecule has 0 atom stereocenters. The molecule has 2 N–H and O–H groups in total. The maximum absolute atomic E-state index is 12.4. The Labute approximate surface area is 141 Å². The summed E-state index contributed by atoms with van der Waals surface area (Å²) in [6.07, 6.45) is 3.23. The van der Waals surface area contributed by atoms with Crippen molar-refractivity contribution in [1.82, 2.24) is 29.9 Å². The first-order valence-electron chi connectivity index (χ1n) is 7.41. The largest absolute Gasteiger partial charge is 0.497 e. The number of H-pyrrole nitrogens is 1. The predicted octanol–water partition coefficient (Wildman–Crippen LogP) is 1.65. The third-order valence-electron chi connectivity index (χ3n) is 3.54. The highest BCUT2D eigenvalue weighted by Gasteiger charge is 2.12. The Balaban J connectivity index is 1.82. The van der Waals surface area contributed by atoms with Crippen molar-refractivity contribution in [2.45, 2.75) is 0 Å². The fraction of sp³-hybridized carbons (Fsp3) is 0.0625. The number of ether oxygens (including phenoxy) is 1. The van der Waals surface area contributed by atoms with Gasteiger partial charge in [0, 0.05) is 24.5 Å². The average molecular weight is 335 g/mol. The van der Waals surface area contributed by atoms with E-state index in [4.69, 9.17) is 4.74 Å². The van der Waals surface area contributed by atoms with Crippen molar-refractivity contribution in [3.05, 3.63) is 59.1 Å². The molecule has 1 aromatic carbocycles. The van der Waals surface area contributed by atoms with Gasteiger partial charge in [0.1, 0.15) is 5.75 Å². The van der Waals surface area contributed by atoms with Gasteiger partial charge in [-0.15, -0.1) is 0 Å². The third-order valence-corrected chi connectivity index (χ3v) is 3.54. The van der Waals surface area contributed by atoms with Crippen molar-refractivity contribution < 1.29 is 4.74 Å². The number of aromatic amines is 1. The molecule has 4 aromatic rings. The number of methoxy groups -OCH3 is 1. The fourth-order valence-electron chi connectivity index (χ4n) is 2.37. The summed E-state index contributed by atoms with van der Waals surface area (Å²) in [7, 11) is 1.57. The number of nitrogens with one attached hydrogen (secondary N) is 2. The van der Waals surface area contributed by atoms with E-state index >= 15 is 0 Å². The minimum absolute atomic E-state index is 0.285. The zero-order valence-electron chi connectivity index (χ0n) is 13.2. The first kappa shape index (κ1) is 14.8. The summed E-state index contributed by atoms with van der Waals surface area (Å²) in [6, 6.07) is 10.2. The topological polar surface area (TPSA) is 111 Å². The van der Waals surface area contributed by atoms with Crippen LogP contribution in [0.3, 0.4) is 0 Å². The number of aromatic nitrogens is 6. The van der Waals surface area contributed by atoms with Crippen LogP contribution < -0.4 is 15.6 Å². The van der Waals surface area contributed by atoms with Crippen molar-refractivity contribution in [2.24, 2.45) is 0 Å². The standard InChI is InChI=1S/C16H13N7O2/c1-25-11-5-2-4-10(8-11)23-13(24)9-12-14(22-23)15(21-20-12)19-16-17-6-3-7-18-16/h2-9,20H,1H3,(H,17,18,19,21). The number of rotatable bonds is 4. The molecule has 0 aliphatic rings. The molecule has 9 heteroatoms. The van der Waals surface area contributed by atoms with Gasteiger partial charge in [0.05, 0.1) is 18.3 Å². The van der Waals surface area contributed by atoms with Gasteiger partial charge >= 0.3 is 0 Å². The van der Waals surface area contributed by atoms with E-state index in [0.717, 1.165) is 0 Å². The number of fused-ring (bicyclic) bond motifs is 1. The highest BCUT2D eigenvalue weighted by Crippen LogP contribution is 2.20. The van der Waals surface area contributed by atoms with Gasteiger partial charge in [-0.2, -0.15) is 14.9 Å². The quantitative estimate of drug-likeness (QED) is 0.583. The highest BCUT2D eigenvalue weighted by molar-refractivity contribution is 5.86. The molecule has 0 unspecified atom stereocenters. The minimum atomic E-state index is -0.285. The Morgan fingerprint density at radius 2 is 2.00 bits per heavy atom. The first-order chi connectivity index (χ1) is 12.2. The Morgan fingerprint density at radius 3 is 2.80 bits per heavy atom. The SMILES string of the molecule is COc1cccc(-n2nc3c(Nc4ncccn4)n[nH]c3cc2=O)c1. The number of benzene rings is 1. The maximum Gasteiger partial charge on any atom is 0.273 e. The summed E-state index contributed by atoms with van der Waals surface area (Å²) in [5.41, 5.74) is 1.32. The van der Waals surface area contributed by atoms with Crippen LogP contribution in [0.15, 0.2) is 53.6 Å². The number of hydrogen-bond acceptors (Lipinski definition) is 7. The Bertz CT molecular complexity index is 1090. The summed E-state index contributed by atoms with van der Waals surface area (Å²) in [5, 5.41) is 14.3. The van der Waals surface area contributed by atoms with Crippen LogP contribution in [-0.4, -0.2) is 37.1 Å². The van der Waals surface area contributed by atoms with Crippen LogP contribution in [0.1, 0.15) is 0 Å². The molecule has 3 aromatic heterocycles. The van der Waals surface area contributed by atoms with Gasteiger partial charge < -0.3 is 10.1 Å². The normalized spacial score (nSPS) is 10.8. The molecular formula is C16H13N7O2. The van der Waals surface area contributed by atoms with Gasteiger partial charge in [-0.05, 0) is 18.2 Å². The van der Waals surface area contributed by atoms with E-state index in [1.807, 2.05) is 0 Å². The van der Waals surface area contributed by atoms with Gasteiger partial charge in [-0.25, -0.2) is 9.97 Å². The molecule has 3 heterocycles. The second-order valence-electron chi connectivity index (χ2n) is 5.13. The Hall–Kier alpha value is -3.75. The lowest BCUT2D eigenvalue weighted by molar-refractivity contribution is 0.414. The van der Waals surface area contributed by atoms with Crippen molar-refractivity contribution in [3.63, 3.8) is 0 Å². The molecule has 0 fully saturated rings. The summed E-state index contributed by atoms with van der Waals surface area (Å²) in [5.74, 6) is 1.45. The van der Waals surface area contributed by atoms with Crippen molar-refractivity contribution >= 4 is 22.8 Å². The summed E-state index contributed by atoms with van der Waals surface area (Å²) in [6.45, 7) is 0. The van der Waals surface area contributed by atoms with E-state index in [1.54, 1.807) is 49.8 Å². The molecular weight excluding hydrogens is 322 g/mol. The smallest absolute Gasteiger partial charge is 0.273 e. The van der Waals surface area contributed by atoms with E-state index in [-0.39, 0.29) is 5.56 Å². The highest BCUT2D eigenvalue weighted by atomic mass is 16.5. The lowest BCUT2D eigenvalue weighted by Crippen LogP contribution is -2.20. The second kappa shape index (κ2) is 6.04. The molecule has 9 nitrogen and oxygen atoms in total. The van der Waals surface area contributed by atoms with Crippen molar-refractivity contribution in [3.8, 4) is 11.4 Å². The van der Waals surface area contributed by atoms with Crippen LogP contribution in [0.5, 0.6) is 5.75 Å². The molecule has 0 aliphatic heterocycles. The van der Waals surface area contributed by atoms with Crippen LogP contribution in [0.2, 0.25) is 0 Å². The summed E-state index contributed by atoms with van der Waals surface area (Å²) >= 11 is 0. The van der Waals surface area contributed by atoms with Gasteiger partial charge in [0.15, 0.2) is 11.3 Å². The number of nitrogens with zero attached hydrogens (tertiary/aromatic N) is 5. The van der Waals surface area contributed by atoms with Gasteiger partial charge in [-0.3, -0.25) is 9.89 Å². The molecule has 0 saturated carbocycles. The minimum Gasteiger partial charge on any atom is -0.497 e. The summed E-state index contributed by atoms with van der Waals surface area (Å²) < 4.78 is 6.49. The number of anilines is 2. The lowest BCUT2D eigenvalue weighted by atomic mass is 10.3. The van der Waals surface area contributed by atoms with Gasteiger partial charge in [0.2, 0.25) is 5.95 Å². The maximum atomic E-state index is 12.4. The zero-order chi connectivity index (χ0) is 17.2. The second-order valence-corrected chi connectivity index (χ2v) is 5.13. The van der Waals surface area contributed by atoms with Crippen LogP contribution in [0.4, 0.5) is 11.8 Å². The Morgan fingerprint density at radius 1 is 1.16 bits per heavy atom. The molecule has 124 valence electrons. The van der Waals surface area contributed by atoms with E-state index in [2.05, 4.69) is 30.6 Å². The van der Waals surface area contributed by atoms with Crippen molar-refractivity contribution in [2.75, 3.05) is 12.4 Å². The van der Waals surface area contributed by atoms with Crippen LogP contribution in [0, 0.1) is 0 Å². The monoisotopic (exact) mass is 335 g/mol. The van der Waals surface area contributed by atoms with E-state index in [1.165, 1.54) is 10.7 Å². The molecule has 0 amide bonds. The fourth-order valence-corrected chi connectivity index (χ4v) is 2.37. The number of hydrogen-bond donors (Lipinski definition) is 2. The molecule has 0 saturated heterocycles. The van der Waals surface area contributed by atoms with E-state index < -0.39 is 0 Å². The molecule has 0 radical (unpaired) electrons. The van der Waals surface area contributed by atoms with Crippen LogP contribution >= 0.6 is 0 Å². The summed E-state index contributed by atoms with van der Waals surface area (Å²) in [4.78, 5) is 20.6. The predicted molar refractivity (Wildman–Crippen MR) is 91.4 cm³/mol. The molecule has 0 bridgehead atoms. The van der Waals surface area contributed by atoms with Gasteiger partial charge in [-0.1, -0.05) is 6.07 Å². The zero-order valence-corrected chi connectivity index (χ0v) is 13.2.